The zero-order chi connectivity index (χ0) is 27.3. The Morgan fingerprint density at radius 2 is 1.70 bits per heavy atom. The van der Waals surface area contributed by atoms with Crippen LogP contribution in [0.1, 0.15) is 46.5 Å². The number of hydrogen-bond acceptors (Lipinski definition) is 6. The number of carbonyl (C=O) groups excluding carboxylic acids is 1. The number of hydrogen-bond donors (Lipinski definition) is 1. The van der Waals surface area contributed by atoms with Gasteiger partial charge in [0.25, 0.3) is 0 Å². The summed E-state index contributed by atoms with van der Waals surface area (Å²) in [7, 11) is 0. The van der Waals surface area contributed by atoms with Gasteiger partial charge in [0.2, 0.25) is 17.6 Å². The number of nitrogens with one attached hydrogen (secondary N) is 1. The second-order valence-electron chi connectivity index (χ2n) is 11.2. The molecule has 2 aliphatic heterocycles. The van der Waals surface area contributed by atoms with Gasteiger partial charge in [0.1, 0.15) is 0 Å². The highest BCUT2D eigenvalue weighted by atomic mass is 16.5. The van der Waals surface area contributed by atoms with Gasteiger partial charge in [-0.25, -0.2) is 0 Å². The van der Waals surface area contributed by atoms with Crippen molar-refractivity contribution in [3.8, 4) is 11.4 Å². The molecule has 0 bridgehead atoms. The summed E-state index contributed by atoms with van der Waals surface area (Å²) >= 11 is 0. The van der Waals surface area contributed by atoms with Crippen molar-refractivity contribution in [2.45, 2.75) is 52.4 Å². The lowest BCUT2D eigenvalue weighted by Crippen LogP contribution is -2.40. The summed E-state index contributed by atoms with van der Waals surface area (Å²) in [5, 5.41) is 7.35. The molecule has 1 amide bonds. The number of likely N-dealkylation sites (tertiary alicyclic amines) is 1. The molecular weight excluding hydrogens is 498 g/mol. The smallest absolute Gasteiger partial charge is 0.241 e. The highest BCUT2D eigenvalue weighted by Crippen LogP contribution is 2.23. The second-order valence-corrected chi connectivity index (χ2v) is 11.2. The topological polar surface area (TPSA) is 74.5 Å². The first-order chi connectivity index (χ1) is 19.6. The van der Waals surface area contributed by atoms with E-state index >= 15 is 0 Å². The van der Waals surface area contributed by atoms with E-state index in [1.54, 1.807) is 0 Å². The second kappa shape index (κ2) is 12.1. The molecule has 0 aliphatic carbocycles. The first-order valence-electron chi connectivity index (χ1n) is 14.4. The Kier molecular flexibility index (Phi) is 8.02. The van der Waals surface area contributed by atoms with E-state index in [1.165, 1.54) is 22.3 Å². The maximum atomic E-state index is 13.0. The average Bonchev–Trinajstić information content (AvgIpc) is 3.45. The maximum absolute atomic E-state index is 13.0. The standard InChI is InChI=1S/C33H37N5O2/c1-24-6-4-11-29(18-24)32-35-31(40-36-32)23-37-15-13-28(14-16-37)33(39)34-20-25-7-5-8-26(19-25)21-38-17-12-27-9-2-3-10-30(27)22-38/h2-11,18-19,28H,12-17,20-23H2,1H3,(H,34,39). The van der Waals surface area contributed by atoms with E-state index in [0.717, 1.165) is 63.1 Å². The van der Waals surface area contributed by atoms with Crippen molar-refractivity contribution in [3.63, 3.8) is 0 Å². The van der Waals surface area contributed by atoms with Gasteiger partial charge < -0.3 is 9.84 Å². The number of nitrogens with zero attached hydrogens (tertiary/aromatic N) is 4. The first kappa shape index (κ1) is 26.4. The van der Waals surface area contributed by atoms with Crippen LogP contribution in [-0.4, -0.2) is 45.5 Å². The van der Waals surface area contributed by atoms with Crippen molar-refractivity contribution in [2.75, 3.05) is 19.6 Å². The lowest BCUT2D eigenvalue weighted by atomic mass is 9.95. The van der Waals surface area contributed by atoms with Crippen molar-refractivity contribution < 1.29 is 9.32 Å². The van der Waals surface area contributed by atoms with E-state index < -0.39 is 0 Å². The molecule has 3 heterocycles. The third-order valence-corrected chi connectivity index (χ3v) is 8.14. The van der Waals surface area contributed by atoms with Gasteiger partial charge in [-0.05, 0) is 67.6 Å². The Morgan fingerprint density at radius 1 is 0.900 bits per heavy atom. The average molecular weight is 536 g/mol. The van der Waals surface area contributed by atoms with E-state index in [-0.39, 0.29) is 11.8 Å². The summed E-state index contributed by atoms with van der Waals surface area (Å²) in [6.07, 6.45) is 2.77. The van der Waals surface area contributed by atoms with Gasteiger partial charge in [-0.3, -0.25) is 14.6 Å². The Labute approximate surface area is 236 Å². The molecule has 1 fully saturated rings. The summed E-state index contributed by atoms with van der Waals surface area (Å²) < 4.78 is 5.51. The SMILES string of the molecule is Cc1cccc(-c2noc(CN3CCC(C(=O)NCc4cccc(CN5CCc6ccccc6C5)c4)CC3)n2)c1. The summed E-state index contributed by atoms with van der Waals surface area (Å²) in [4.78, 5) is 22.3. The molecule has 0 spiro atoms. The molecule has 0 radical (unpaired) electrons. The Balaban J connectivity index is 0.952. The van der Waals surface area contributed by atoms with Crippen LogP contribution in [0, 0.1) is 12.8 Å². The molecule has 6 rings (SSSR count). The quantitative estimate of drug-likeness (QED) is 0.337. The Bertz CT molecular complexity index is 1460. The molecule has 2 aliphatic rings. The normalized spacial score (nSPS) is 16.5. The molecule has 0 atom stereocenters. The van der Waals surface area contributed by atoms with Crippen LogP contribution in [0.5, 0.6) is 0 Å². The molecule has 1 aromatic heterocycles. The molecule has 3 aromatic carbocycles. The highest BCUT2D eigenvalue weighted by molar-refractivity contribution is 5.78. The number of fused-ring (bicyclic) bond motifs is 1. The number of piperidine rings is 1. The zero-order valence-corrected chi connectivity index (χ0v) is 23.2. The van der Waals surface area contributed by atoms with Crippen LogP contribution in [0.2, 0.25) is 0 Å². The Hall–Kier alpha value is -3.81. The summed E-state index contributed by atoms with van der Waals surface area (Å²) in [5.41, 5.74) is 7.50. The van der Waals surface area contributed by atoms with Crippen LogP contribution in [-0.2, 0) is 37.4 Å². The molecule has 206 valence electrons. The van der Waals surface area contributed by atoms with E-state index in [9.17, 15) is 4.79 Å². The highest BCUT2D eigenvalue weighted by Gasteiger charge is 2.26. The van der Waals surface area contributed by atoms with Gasteiger partial charge in [-0.15, -0.1) is 0 Å². The van der Waals surface area contributed by atoms with Crippen molar-refractivity contribution in [3.05, 3.63) is 107 Å². The van der Waals surface area contributed by atoms with E-state index in [0.29, 0.717) is 24.8 Å². The van der Waals surface area contributed by atoms with E-state index in [2.05, 4.69) is 92.8 Å². The van der Waals surface area contributed by atoms with Gasteiger partial charge in [0.05, 0.1) is 6.54 Å². The molecular formula is C33H37N5O2. The fraction of sp³-hybridized carbons (Fsp3) is 0.364. The van der Waals surface area contributed by atoms with Gasteiger partial charge in [-0.2, -0.15) is 4.98 Å². The van der Waals surface area contributed by atoms with Crippen LogP contribution in [0.3, 0.4) is 0 Å². The molecule has 7 heteroatoms. The van der Waals surface area contributed by atoms with Gasteiger partial charge in [0, 0.05) is 37.7 Å². The van der Waals surface area contributed by atoms with E-state index in [4.69, 9.17) is 4.52 Å². The number of aromatic nitrogens is 2. The van der Waals surface area contributed by atoms with Crippen molar-refractivity contribution >= 4 is 5.91 Å². The van der Waals surface area contributed by atoms with Crippen LogP contribution < -0.4 is 5.32 Å². The van der Waals surface area contributed by atoms with Crippen molar-refractivity contribution in [1.82, 2.24) is 25.3 Å². The Morgan fingerprint density at radius 3 is 2.55 bits per heavy atom. The fourth-order valence-corrected chi connectivity index (χ4v) is 5.88. The fourth-order valence-electron chi connectivity index (χ4n) is 5.88. The number of rotatable bonds is 8. The predicted octanol–water partition coefficient (Wildman–Crippen LogP) is 5.13. The lowest BCUT2D eigenvalue weighted by Gasteiger charge is -2.30. The minimum absolute atomic E-state index is 0.0402. The number of benzene rings is 3. The van der Waals surface area contributed by atoms with Gasteiger partial charge in [-0.1, -0.05) is 77.5 Å². The van der Waals surface area contributed by atoms with Crippen LogP contribution in [0.4, 0.5) is 0 Å². The monoisotopic (exact) mass is 535 g/mol. The molecule has 4 aromatic rings. The lowest BCUT2D eigenvalue weighted by molar-refractivity contribution is -0.126. The van der Waals surface area contributed by atoms with Gasteiger partial charge in [0.15, 0.2) is 0 Å². The predicted molar refractivity (Wildman–Crippen MR) is 155 cm³/mol. The molecule has 7 nitrogen and oxygen atoms in total. The first-order valence-corrected chi connectivity index (χ1v) is 14.4. The number of amides is 1. The molecule has 1 N–H and O–H groups in total. The number of aryl methyl sites for hydroxylation is 1. The number of carbonyl (C=O) groups is 1. The van der Waals surface area contributed by atoms with Gasteiger partial charge >= 0.3 is 0 Å². The minimum Gasteiger partial charge on any atom is -0.352 e. The maximum Gasteiger partial charge on any atom is 0.241 e. The molecule has 1 saturated heterocycles. The summed E-state index contributed by atoms with van der Waals surface area (Å²) in [6, 6.07) is 25.5. The third kappa shape index (κ3) is 6.49. The molecule has 0 unspecified atom stereocenters. The van der Waals surface area contributed by atoms with Crippen LogP contribution in [0.15, 0.2) is 77.3 Å². The molecule has 0 saturated carbocycles. The van der Waals surface area contributed by atoms with Crippen LogP contribution in [0.25, 0.3) is 11.4 Å². The summed E-state index contributed by atoms with van der Waals surface area (Å²) in [5.74, 6) is 1.43. The minimum atomic E-state index is 0.0402. The largest absolute Gasteiger partial charge is 0.352 e. The molecule has 40 heavy (non-hydrogen) atoms. The third-order valence-electron chi connectivity index (χ3n) is 8.14. The summed E-state index contributed by atoms with van der Waals surface area (Å²) in [6.45, 7) is 7.93. The van der Waals surface area contributed by atoms with Crippen molar-refractivity contribution in [2.24, 2.45) is 5.92 Å². The van der Waals surface area contributed by atoms with Crippen LogP contribution >= 0.6 is 0 Å². The van der Waals surface area contributed by atoms with E-state index in [1.807, 2.05) is 12.1 Å². The van der Waals surface area contributed by atoms with Crippen molar-refractivity contribution in [1.29, 1.82) is 0 Å². The zero-order valence-electron chi connectivity index (χ0n) is 23.2.